The minimum atomic E-state index is -0.906. The second-order valence-electron chi connectivity index (χ2n) is 6.45. The van der Waals surface area contributed by atoms with Crippen LogP contribution in [0.15, 0.2) is 52.0 Å². The van der Waals surface area contributed by atoms with Crippen molar-refractivity contribution in [3.63, 3.8) is 0 Å². The number of nitrogens with one attached hydrogen (secondary N) is 1. The highest BCUT2D eigenvalue weighted by Gasteiger charge is 2.29. The van der Waals surface area contributed by atoms with Crippen LogP contribution in [-0.2, 0) is 11.2 Å². The lowest BCUT2D eigenvalue weighted by Crippen LogP contribution is -2.26. The summed E-state index contributed by atoms with van der Waals surface area (Å²) in [5.41, 5.74) is 14.3. The minimum absolute atomic E-state index is 0.494. The molecule has 1 aromatic heterocycles. The molecule has 0 bridgehead atoms. The number of carboxylic acids is 1. The van der Waals surface area contributed by atoms with Crippen LogP contribution < -0.4 is 16.8 Å². The molecule has 0 atom stereocenters. The van der Waals surface area contributed by atoms with Gasteiger partial charge < -0.3 is 21.9 Å². The molecule has 0 radical (unpaired) electrons. The molecule has 0 fully saturated rings. The molecule has 0 aliphatic rings. The Bertz CT molecular complexity index is 876. The van der Waals surface area contributed by atoms with Gasteiger partial charge >= 0.3 is 5.97 Å². The summed E-state index contributed by atoms with van der Waals surface area (Å²) in [5.74, 6) is -0.367. The van der Waals surface area contributed by atoms with Gasteiger partial charge in [0.05, 0.1) is 11.5 Å². The molecule has 9 heteroatoms. The van der Waals surface area contributed by atoms with E-state index in [4.69, 9.17) is 23.1 Å². The summed E-state index contributed by atoms with van der Waals surface area (Å²) in [4.78, 5) is 15.7. The number of benzene rings is 1. The van der Waals surface area contributed by atoms with Gasteiger partial charge in [0.2, 0.25) is 0 Å². The van der Waals surface area contributed by atoms with Gasteiger partial charge in [-0.25, -0.2) is 4.98 Å². The number of allylic oxidation sites excluding steroid dienone is 2. The van der Waals surface area contributed by atoms with Crippen LogP contribution in [-0.4, -0.2) is 27.4 Å². The van der Waals surface area contributed by atoms with Gasteiger partial charge in [-0.05, 0) is 43.7 Å². The molecule has 2 aromatic rings. The Hall–Kier alpha value is -2.16. The lowest BCUT2D eigenvalue weighted by atomic mass is 10.1. The number of aromatic nitrogens is 1. The van der Waals surface area contributed by atoms with Crippen LogP contribution >= 0.6 is 34.7 Å². The smallest absolute Gasteiger partial charge is 0.319 e. The number of carbonyl (C=O) groups is 1. The molecule has 0 aliphatic heterocycles. The minimum Gasteiger partial charge on any atom is -0.480 e. The Morgan fingerprint density at radius 3 is 2.64 bits per heavy atom. The molecule has 1 aromatic carbocycles. The molecule has 0 amide bonds. The number of carboxylic acid groups (broad SMARTS) is 1. The monoisotopic (exact) mass is 438 g/mol. The van der Waals surface area contributed by atoms with Gasteiger partial charge in [-0.15, -0.1) is 11.3 Å². The van der Waals surface area contributed by atoms with Crippen LogP contribution in [0.4, 0.5) is 0 Å². The fourth-order valence-electron chi connectivity index (χ4n) is 2.02. The maximum Gasteiger partial charge on any atom is 0.319 e. The van der Waals surface area contributed by atoms with Crippen molar-refractivity contribution in [1.29, 1.82) is 0 Å². The average Bonchev–Trinajstić information content (AvgIpc) is 3.06. The van der Waals surface area contributed by atoms with E-state index >= 15 is 0 Å². The number of halogens is 1. The highest BCUT2D eigenvalue weighted by Crippen LogP contribution is 2.34. The first-order chi connectivity index (χ1) is 13.2. The number of thiazole rings is 1. The first kappa shape index (κ1) is 22.1. The van der Waals surface area contributed by atoms with E-state index in [2.05, 4.69) is 10.3 Å². The third-order valence-electron chi connectivity index (χ3n) is 3.72. The SMILES string of the molecule is CC(C)(Sc1nc(CCN/C(N)=C/C=C(\N)c2ccc(Cl)cc2)cs1)C(=O)O. The van der Waals surface area contributed by atoms with Gasteiger partial charge in [0.1, 0.15) is 4.75 Å². The summed E-state index contributed by atoms with van der Waals surface area (Å²) in [5, 5.41) is 14.9. The van der Waals surface area contributed by atoms with Crippen molar-refractivity contribution < 1.29 is 9.90 Å². The van der Waals surface area contributed by atoms with E-state index in [1.165, 1.54) is 23.1 Å². The molecule has 0 saturated heterocycles. The molecule has 6 N–H and O–H groups in total. The maximum atomic E-state index is 11.2. The second-order valence-corrected chi connectivity index (χ2v) is 9.61. The third-order valence-corrected chi connectivity index (χ3v) is 6.14. The molecule has 0 unspecified atom stereocenters. The zero-order chi connectivity index (χ0) is 20.7. The number of hydrogen-bond acceptors (Lipinski definition) is 7. The van der Waals surface area contributed by atoms with E-state index in [-0.39, 0.29) is 0 Å². The molecule has 0 saturated carbocycles. The standard InChI is InChI=1S/C19H23ClN4O2S2/c1-19(2,17(25)26)28-18-24-14(11-27-18)9-10-23-16(22)8-7-15(21)12-3-5-13(20)6-4-12/h3-8,11,23H,9-10,21-22H2,1-2H3,(H,25,26)/b15-7-,16-8+. The normalized spacial score (nSPS) is 12.8. The van der Waals surface area contributed by atoms with Crippen molar-refractivity contribution in [2.24, 2.45) is 11.5 Å². The highest BCUT2D eigenvalue weighted by molar-refractivity contribution is 8.02. The lowest BCUT2D eigenvalue weighted by molar-refractivity contribution is -0.138. The predicted octanol–water partition coefficient (Wildman–Crippen LogP) is 3.68. The number of thioether (sulfide) groups is 1. The summed E-state index contributed by atoms with van der Waals surface area (Å²) in [6.07, 6.45) is 4.12. The van der Waals surface area contributed by atoms with Crippen LogP contribution in [0.2, 0.25) is 5.02 Å². The summed E-state index contributed by atoms with van der Waals surface area (Å²) < 4.78 is -0.166. The van der Waals surface area contributed by atoms with E-state index in [0.29, 0.717) is 29.5 Å². The molecule has 2 rings (SSSR count). The van der Waals surface area contributed by atoms with E-state index in [1.54, 1.807) is 38.1 Å². The summed E-state index contributed by atoms with van der Waals surface area (Å²) in [7, 11) is 0. The Balaban J connectivity index is 1.84. The molecular formula is C19H23ClN4O2S2. The van der Waals surface area contributed by atoms with Crippen LogP contribution in [0, 0.1) is 0 Å². The molecule has 6 nitrogen and oxygen atoms in total. The third kappa shape index (κ3) is 6.78. The zero-order valence-electron chi connectivity index (χ0n) is 15.6. The van der Waals surface area contributed by atoms with Crippen LogP contribution in [0.1, 0.15) is 25.1 Å². The van der Waals surface area contributed by atoms with E-state index < -0.39 is 10.7 Å². The quantitative estimate of drug-likeness (QED) is 0.348. The number of hydrogen-bond donors (Lipinski definition) is 4. The van der Waals surface area contributed by atoms with Gasteiger partial charge in [-0.2, -0.15) is 0 Å². The molecule has 0 spiro atoms. The van der Waals surface area contributed by atoms with Crippen LogP contribution in [0.3, 0.4) is 0 Å². The summed E-state index contributed by atoms with van der Waals surface area (Å²) >= 11 is 8.56. The highest BCUT2D eigenvalue weighted by atomic mass is 35.5. The van der Waals surface area contributed by atoms with Crippen molar-refractivity contribution in [3.05, 3.63) is 63.9 Å². The Labute approximate surface area is 177 Å². The Morgan fingerprint density at radius 1 is 1.32 bits per heavy atom. The molecule has 28 heavy (non-hydrogen) atoms. The molecule has 150 valence electrons. The van der Waals surface area contributed by atoms with Crippen molar-refractivity contribution in [2.75, 3.05) is 6.54 Å². The Morgan fingerprint density at radius 2 is 2.00 bits per heavy atom. The Kier molecular flexibility index (Phi) is 7.79. The fourth-order valence-corrected chi connectivity index (χ4v) is 4.38. The summed E-state index contributed by atoms with van der Waals surface area (Å²) in [6.45, 7) is 3.93. The predicted molar refractivity (Wildman–Crippen MR) is 117 cm³/mol. The second kappa shape index (κ2) is 9.86. The van der Waals surface area contributed by atoms with E-state index in [0.717, 1.165) is 15.6 Å². The largest absolute Gasteiger partial charge is 0.480 e. The topological polar surface area (TPSA) is 114 Å². The first-order valence-corrected chi connectivity index (χ1v) is 10.5. The van der Waals surface area contributed by atoms with Crippen molar-refractivity contribution in [2.45, 2.75) is 29.4 Å². The fraction of sp³-hybridized carbons (Fsp3) is 0.263. The lowest BCUT2D eigenvalue weighted by Gasteiger charge is -2.15. The number of aliphatic carboxylic acids is 1. The number of nitrogens with zero attached hydrogens (tertiary/aromatic N) is 1. The first-order valence-electron chi connectivity index (χ1n) is 8.47. The van der Waals surface area contributed by atoms with Gasteiger partial charge in [0, 0.05) is 29.1 Å². The zero-order valence-corrected chi connectivity index (χ0v) is 18.0. The van der Waals surface area contributed by atoms with Crippen molar-refractivity contribution in [1.82, 2.24) is 10.3 Å². The van der Waals surface area contributed by atoms with Gasteiger partial charge in [-0.1, -0.05) is 35.5 Å². The molecular weight excluding hydrogens is 416 g/mol. The number of rotatable bonds is 9. The summed E-state index contributed by atoms with van der Waals surface area (Å²) in [6, 6.07) is 7.24. The van der Waals surface area contributed by atoms with Gasteiger partial charge in [0.15, 0.2) is 4.34 Å². The molecule has 0 aliphatic carbocycles. The van der Waals surface area contributed by atoms with Gasteiger partial charge in [0.25, 0.3) is 0 Å². The van der Waals surface area contributed by atoms with Crippen molar-refractivity contribution in [3.8, 4) is 0 Å². The van der Waals surface area contributed by atoms with E-state index in [1.807, 2.05) is 17.5 Å². The maximum absolute atomic E-state index is 11.2. The van der Waals surface area contributed by atoms with E-state index in [9.17, 15) is 9.90 Å². The van der Waals surface area contributed by atoms with Crippen LogP contribution in [0.5, 0.6) is 0 Å². The molecule has 1 heterocycles. The van der Waals surface area contributed by atoms with Crippen molar-refractivity contribution >= 4 is 46.4 Å². The van der Waals surface area contributed by atoms with Crippen LogP contribution in [0.25, 0.3) is 5.70 Å². The number of nitrogens with two attached hydrogens (primary N) is 2. The van der Waals surface area contributed by atoms with Gasteiger partial charge in [-0.3, -0.25) is 4.79 Å². The average molecular weight is 439 g/mol.